The van der Waals surface area contributed by atoms with E-state index < -0.39 is 36.9 Å². The van der Waals surface area contributed by atoms with Gasteiger partial charge in [0.2, 0.25) is 11.8 Å². The van der Waals surface area contributed by atoms with Gasteiger partial charge in [0.15, 0.2) is 6.61 Å². The SMILES string of the molecule is O=C(O)COc1ccccc1C(CC(=O)O)NC(=O)CNC(=O)C(CCC1CCNCC1)CCC1CCNCC1. The van der Waals surface area contributed by atoms with Gasteiger partial charge in [-0.3, -0.25) is 14.4 Å². The number of carbonyl (C=O) groups is 4. The van der Waals surface area contributed by atoms with Crippen LogP contribution in [0.4, 0.5) is 0 Å². The Balaban J connectivity index is 1.58. The summed E-state index contributed by atoms with van der Waals surface area (Å²) < 4.78 is 5.30. The highest BCUT2D eigenvalue weighted by Crippen LogP contribution is 2.28. The highest BCUT2D eigenvalue weighted by molar-refractivity contribution is 5.86. The van der Waals surface area contributed by atoms with Crippen molar-refractivity contribution < 1.29 is 34.1 Å². The van der Waals surface area contributed by atoms with Gasteiger partial charge in [-0.25, -0.2) is 4.79 Å². The first-order valence-electron chi connectivity index (χ1n) is 14.5. The van der Waals surface area contributed by atoms with Crippen molar-refractivity contribution in [3.05, 3.63) is 29.8 Å². The molecule has 2 aliphatic rings. The van der Waals surface area contributed by atoms with E-state index in [2.05, 4.69) is 21.3 Å². The molecule has 11 heteroatoms. The van der Waals surface area contributed by atoms with Crippen molar-refractivity contribution in [1.29, 1.82) is 0 Å². The third-order valence-corrected chi connectivity index (χ3v) is 7.92. The predicted molar refractivity (Wildman–Crippen MR) is 149 cm³/mol. The molecule has 1 unspecified atom stereocenters. The molecule has 3 rings (SSSR count). The summed E-state index contributed by atoms with van der Waals surface area (Å²) in [5.74, 6) is -1.75. The number of carbonyl (C=O) groups excluding carboxylic acids is 2. The average Bonchev–Trinajstić information content (AvgIpc) is 2.95. The maximum atomic E-state index is 13.2. The van der Waals surface area contributed by atoms with Gasteiger partial charge in [0.05, 0.1) is 19.0 Å². The molecule has 0 aromatic heterocycles. The molecule has 40 heavy (non-hydrogen) atoms. The topological polar surface area (TPSA) is 166 Å². The van der Waals surface area contributed by atoms with Crippen LogP contribution in [0.2, 0.25) is 0 Å². The van der Waals surface area contributed by atoms with Crippen molar-refractivity contribution in [2.45, 2.75) is 63.8 Å². The Bertz CT molecular complexity index is 955. The van der Waals surface area contributed by atoms with Crippen molar-refractivity contribution in [2.75, 3.05) is 39.3 Å². The van der Waals surface area contributed by atoms with Crippen LogP contribution in [0.5, 0.6) is 5.75 Å². The molecule has 1 aromatic carbocycles. The second-order valence-electron chi connectivity index (χ2n) is 10.9. The molecule has 2 fully saturated rings. The number of benzene rings is 1. The van der Waals surface area contributed by atoms with Crippen LogP contribution in [0.1, 0.15) is 69.4 Å². The number of ether oxygens (including phenoxy) is 1. The summed E-state index contributed by atoms with van der Waals surface area (Å²) in [5, 5.41) is 30.6. The van der Waals surface area contributed by atoms with E-state index in [9.17, 15) is 24.3 Å². The Hall–Kier alpha value is -3.18. The predicted octanol–water partition coefficient (Wildman–Crippen LogP) is 2.07. The maximum absolute atomic E-state index is 13.2. The van der Waals surface area contributed by atoms with E-state index in [1.165, 1.54) is 6.07 Å². The monoisotopic (exact) mass is 560 g/mol. The van der Waals surface area contributed by atoms with Gasteiger partial charge in [-0.15, -0.1) is 0 Å². The van der Waals surface area contributed by atoms with Crippen molar-refractivity contribution in [1.82, 2.24) is 21.3 Å². The van der Waals surface area contributed by atoms with Crippen molar-refractivity contribution in [3.8, 4) is 5.75 Å². The first kappa shape index (κ1) is 31.3. The molecule has 0 aliphatic carbocycles. The zero-order valence-electron chi connectivity index (χ0n) is 23.2. The molecular formula is C29H44N4O7. The first-order valence-corrected chi connectivity index (χ1v) is 14.5. The standard InChI is InChI=1S/C29H44N4O7/c34-26(33-24(17-27(35)36)23-3-1-2-4-25(23)40-19-28(37)38)18-32-29(39)22(7-5-20-9-13-30-14-10-20)8-6-21-11-15-31-16-12-21/h1-4,20-22,24,30-31H,5-19H2,(H,32,39)(H,33,34)(H,35,36)(H,37,38). The minimum Gasteiger partial charge on any atom is -0.482 e. The van der Waals surface area contributed by atoms with Gasteiger partial charge in [-0.1, -0.05) is 18.2 Å². The van der Waals surface area contributed by atoms with Crippen LogP contribution in [0.25, 0.3) is 0 Å². The largest absolute Gasteiger partial charge is 0.482 e. The van der Waals surface area contributed by atoms with Crippen LogP contribution in [0, 0.1) is 17.8 Å². The normalized spacial score (nSPS) is 17.2. The summed E-state index contributed by atoms with van der Waals surface area (Å²) in [4.78, 5) is 48.6. The lowest BCUT2D eigenvalue weighted by atomic mass is 9.84. The number of piperidine rings is 2. The number of carboxylic acid groups (broad SMARTS) is 2. The summed E-state index contributed by atoms with van der Waals surface area (Å²) in [6, 6.07) is 5.44. The Morgan fingerprint density at radius 1 is 0.875 bits per heavy atom. The highest BCUT2D eigenvalue weighted by Gasteiger charge is 2.26. The summed E-state index contributed by atoms with van der Waals surface area (Å²) in [6.45, 7) is 3.18. The lowest BCUT2D eigenvalue weighted by molar-refractivity contribution is -0.140. The molecule has 6 N–H and O–H groups in total. The first-order chi connectivity index (χ1) is 19.3. The molecule has 0 saturated carbocycles. The van der Waals surface area contributed by atoms with Crippen LogP contribution < -0.4 is 26.0 Å². The number of para-hydroxylation sites is 1. The molecule has 1 aromatic rings. The summed E-state index contributed by atoms with van der Waals surface area (Å²) in [6.07, 6.45) is 7.61. The van der Waals surface area contributed by atoms with E-state index in [1.54, 1.807) is 18.2 Å². The molecule has 2 heterocycles. The number of aliphatic carboxylic acids is 2. The van der Waals surface area contributed by atoms with Crippen LogP contribution in [0.15, 0.2) is 24.3 Å². The van der Waals surface area contributed by atoms with Crippen LogP contribution in [0.3, 0.4) is 0 Å². The molecule has 2 saturated heterocycles. The number of rotatable bonds is 16. The van der Waals surface area contributed by atoms with Gasteiger partial charge in [0, 0.05) is 11.5 Å². The van der Waals surface area contributed by atoms with Crippen LogP contribution >= 0.6 is 0 Å². The number of nitrogens with one attached hydrogen (secondary N) is 4. The van der Waals surface area contributed by atoms with Gasteiger partial charge in [-0.2, -0.15) is 0 Å². The van der Waals surface area contributed by atoms with Crippen molar-refractivity contribution >= 4 is 23.8 Å². The lowest BCUT2D eigenvalue weighted by Crippen LogP contribution is -2.41. The Morgan fingerprint density at radius 3 is 2.00 bits per heavy atom. The van der Waals surface area contributed by atoms with Crippen molar-refractivity contribution in [3.63, 3.8) is 0 Å². The zero-order chi connectivity index (χ0) is 28.7. The molecule has 0 radical (unpaired) electrons. The van der Waals surface area contributed by atoms with E-state index in [4.69, 9.17) is 9.84 Å². The van der Waals surface area contributed by atoms with E-state index in [0.717, 1.165) is 77.5 Å². The molecule has 2 amide bonds. The smallest absolute Gasteiger partial charge is 0.341 e. The van der Waals surface area contributed by atoms with E-state index in [1.807, 2.05) is 0 Å². The second kappa shape index (κ2) is 16.8. The summed E-state index contributed by atoms with van der Waals surface area (Å²) >= 11 is 0. The molecule has 1 atom stereocenters. The molecule has 0 bridgehead atoms. The van der Waals surface area contributed by atoms with Gasteiger partial charge in [0.1, 0.15) is 5.75 Å². The van der Waals surface area contributed by atoms with Gasteiger partial charge in [-0.05, 0) is 95.4 Å². The third kappa shape index (κ3) is 11.1. The molecular weight excluding hydrogens is 516 g/mol. The van der Waals surface area contributed by atoms with Crippen LogP contribution in [-0.4, -0.2) is 73.3 Å². The van der Waals surface area contributed by atoms with E-state index in [0.29, 0.717) is 17.4 Å². The van der Waals surface area contributed by atoms with Gasteiger partial charge >= 0.3 is 11.9 Å². The fraction of sp³-hybridized carbons (Fsp3) is 0.655. The minimum absolute atomic E-state index is 0.141. The summed E-state index contributed by atoms with van der Waals surface area (Å²) in [5.41, 5.74) is 0.354. The van der Waals surface area contributed by atoms with E-state index in [-0.39, 0.29) is 24.1 Å². The molecule has 222 valence electrons. The number of hydrogen-bond acceptors (Lipinski definition) is 7. The molecule has 2 aliphatic heterocycles. The second-order valence-corrected chi connectivity index (χ2v) is 10.9. The molecule has 0 spiro atoms. The Labute approximate surface area is 235 Å². The zero-order valence-corrected chi connectivity index (χ0v) is 23.2. The number of carboxylic acids is 2. The fourth-order valence-electron chi connectivity index (χ4n) is 5.63. The Kier molecular flexibility index (Phi) is 13.2. The quantitative estimate of drug-likeness (QED) is 0.177. The van der Waals surface area contributed by atoms with E-state index >= 15 is 0 Å². The maximum Gasteiger partial charge on any atom is 0.341 e. The highest BCUT2D eigenvalue weighted by atomic mass is 16.5. The average molecular weight is 561 g/mol. The van der Waals surface area contributed by atoms with Gasteiger partial charge in [0.25, 0.3) is 0 Å². The van der Waals surface area contributed by atoms with Crippen LogP contribution in [-0.2, 0) is 19.2 Å². The lowest BCUT2D eigenvalue weighted by Gasteiger charge is -2.27. The van der Waals surface area contributed by atoms with Crippen molar-refractivity contribution in [2.24, 2.45) is 17.8 Å². The number of hydrogen-bond donors (Lipinski definition) is 6. The third-order valence-electron chi connectivity index (χ3n) is 7.92. The summed E-state index contributed by atoms with van der Waals surface area (Å²) in [7, 11) is 0. The number of amides is 2. The Morgan fingerprint density at radius 2 is 1.45 bits per heavy atom. The minimum atomic E-state index is -1.17. The van der Waals surface area contributed by atoms with Gasteiger partial charge < -0.3 is 36.2 Å². The fourth-order valence-corrected chi connectivity index (χ4v) is 5.63. The molecule has 11 nitrogen and oxygen atoms in total.